The van der Waals surface area contributed by atoms with E-state index in [1.165, 1.54) is 6.26 Å². The molecule has 0 bridgehead atoms. The molecule has 0 spiro atoms. The van der Waals surface area contributed by atoms with E-state index in [9.17, 15) is 13.5 Å². The van der Waals surface area contributed by atoms with E-state index in [2.05, 4.69) is 0 Å². The van der Waals surface area contributed by atoms with Gasteiger partial charge in [-0.05, 0) is 17.7 Å². The highest BCUT2D eigenvalue weighted by Gasteiger charge is 2.68. The van der Waals surface area contributed by atoms with Crippen LogP contribution >= 0.6 is 11.6 Å². The van der Waals surface area contributed by atoms with Crippen molar-refractivity contribution in [3.63, 3.8) is 0 Å². The molecule has 0 amide bonds. The molecule has 1 saturated carbocycles. The predicted octanol–water partition coefficient (Wildman–Crippen LogP) is 0.788. The van der Waals surface area contributed by atoms with Gasteiger partial charge < -0.3 is 10.8 Å². The molecule has 100 valence electrons. The number of rotatable bonds is 4. The Balaban J connectivity index is 2.41. The average molecular weight is 290 g/mol. The lowest BCUT2D eigenvalue weighted by molar-refractivity contribution is 0.212. The van der Waals surface area contributed by atoms with Gasteiger partial charge in [-0.3, -0.25) is 0 Å². The van der Waals surface area contributed by atoms with E-state index >= 15 is 0 Å². The smallest absolute Gasteiger partial charge is 0.151 e. The summed E-state index contributed by atoms with van der Waals surface area (Å²) in [5, 5.41) is 9.49. The highest BCUT2D eigenvalue weighted by molar-refractivity contribution is 7.91. The monoisotopic (exact) mass is 289 g/mol. The van der Waals surface area contributed by atoms with Crippen molar-refractivity contribution in [2.24, 2.45) is 11.1 Å². The second-order valence-electron chi connectivity index (χ2n) is 4.87. The summed E-state index contributed by atoms with van der Waals surface area (Å²) in [6.45, 7) is -0.0803. The molecular formula is C12H16ClNO3S. The molecule has 4 nitrogen and oxygen atoms in total. The van der Waals surface area contributed by atoms with Gasteiger partial charge in [-0.2, -0.15) is 0 Å². The molecular weight excluding hydrogens is 274 g/mol. The first-order valence-electron chi connectivity index (χ1n) is 5.62. The van der Waals surface area contributed by atoms with E-state index in [1.807, 2.05) is 0 Å². The normalized spacial score (nSPS) is 31.3. The first kappa shape index (κ1) is 13.8. The third-order valence-electron chi connectivity index (χ3n) is 3.74. The molecule has 1 aromatic rings. The first-order valence-corrected chi connectivity index (χ1v) is 7.95. The molecule has 6 heteroatoms. The number of halogens is 1. The maximum atomic E-state index is 11.8. The zero-order valence-electron chi connectivity index (χ0n) is 10.0. The largest absolute Gasteiger partial charge is 0.396 e. The van der Waals surface area contributed by atoms with Crippen LogP contribution in [0.4, 0.5) is 0 Å². The molecule has 3 atom stereocenters. The molecule has 0 radical (unpaired) electrons. The Labute approximate surface area is 112 Å². The summed E-state index contributed by atoms with van der Waals surface area (Å²) < 4.78 is 23.6. The number of hydrogen-bond acceptors (Lipinski definition) is 4. The van der Waals surface area contributed by atoms with E-state index in [0.29, 0.717) is 5.02 Å². The summed E-state index contributed by atoms with van der Waals surface area (Å²) in [6, 6.07) is 7.01. The minimum absolute atomic E-state index is 0.147. The molecule has 0 aromatic heterocycles. The van der Waals surface area contributed by atoms with E-state index < -0.39 is 20.5 Å². The summed E-state index contributed by atoms with van der Waals surface area (Å²) in [7, 11) is -3.24. The third-order valence-corrected chi connectivity index (χ3v) is 5.66. The molecule has 1 aliphatic carbocycles. The Morgan fingerprint density at radius 1 is 1.39 bits per heavy atom. The van der Waals surface area contributed by atoms with Crippen LogP contribution < -0.4 is 5.73 Å². The molecule has 18 heavy (non-hydrogen) atoms. The summed E-state index contributed by atoms with van der Waals surface area (Å²) in [6.07, 6.45) is 1.19. The van der Waals surface area contributed by atoms with Crippen molar-refractivity contribution < 1.29 is 13.5 Å². The van der Waals surface area contributed by atoms with Crippen LogP contribution in [0.2, 0.25) is 5.02 Å². The Kier molecular flexibility index (Phi) is 3.44. The van der Waals surface area contributed by atoms with Gasteiger partial charge in [0.1, 0.15) is 0 Å². The number of aliphatic hydroxyl groups is 1. The standard InChI is InChI=1S/C12H16ClNO3S/c1-18(16,17)11-10(12(11,6-14)7-15)8-2-4-9(13)5-3-8/h2-5,10-11,15H,6-7,14H2,1H3/t10-,11-,12+/m0/s1. The lowest BCUT2D eigenvalue weighted by Crippen LogP contribution is -2.27. The third kappa shape index (κ3) is 2.05. The van der Waals surface area contributed by atoms with Crippen molar-refractivity contribution in [2.75, 3.05) is 19.4 Å². The fourth-order valence-electron chi connectivity index (χ4n) is 2.80. The highest BCUT2D eigenvalue weighted by Crippen LogP contribution is 2.61. The van der Waals surface area contributed by atoms with Crippen LogP contribution in [-0.4, -0.2) is 38.2 Å². The Morgan fingerprint density at radius 2 is 1.94 bits per heavy atom. The topological polar surface area (TPSA) is 80.4 Å². The van der Waals surface area contributed by atoms with Crippen molar-refractivity contribution in [3.05, 3.63) is 34.9 Å². The van der Waals surface area contributed by atoms with Crippen molar-refractivity contribution in [1.29, 1.82) is 0 Å². The van der Waals surface area contributed by atoms with Gasteiger partial charge in [0, 0.05) is 29.2 Å². The van der Waals surface area contributed by atoms with Crippen LogP contribution in [-0.2, 0) is 9.84 Å². The van der Waals surface area contributed by atoms with Crippen LogP contribution in [0.1, 0.15) is 11.5 Å². The molecule has 1 fully saturated rings. The number of aliphatic hydroxyl groups excluding tert-OH is 1. The summed E-state index contributed by atoms with van der Waals surface area (Å²) >= 11 is 5.81. The van der Waals surface area contributed by atoms with Crippen LogP contribution in [0.15, 0.2) is 24.3 Å². The SMILES string of the molecule is CS(=O)(=O)[C@H]1[C@H](c2ccc(Cl)cc2)[C@@]1(CN)CO. The first-order chi connectivity index (χ1) is 8.36. The molecule has 0 unspecified atom stereocenters. The van der Waals surface area contributed by atoms with Crippen LogP contribution in [0.25, 0.3) is 0 Å². The number of benzene rings is 1. The van der Waals surface area contributed by atoms with Gasteiger partial charge in [-0.1, -0.05) is 23.7 Å². The Morgan fingerprint density at radius 3 is 2.28 bits per heavy atom. The minimum atomic E-state index is -3.24. The van der Waals surface area contributed by atoms with Gasteiger partial charge in [0.15, 0.2) is 9.84 Å². The van der Waals surface area contributed by atoms with Gasteiger partial charge in [0.2, 0.25) is 0 Å². The zero-order valence-corrected chi connectivity index (χ0v) is 11.6. The average Bonchev–Trinajstić information content (AvgIpc) is 3.00. The fourth-order valence-corrected chi connectivity index (χ4v) is 4.94. The molecule has 0 heterocycles. The van der Waals surface area contributed by atoms with Gasteiger partial charge in [-0.25, -0.2) is 8.42 Å². The van der Waals surface area contributed by atoms with Crippen molar-refractivity contribution in [3.8, 4) is 0 Å². The number of hydrogen-bond donors (Lipinski definition) is 2. The predicted molar refractivity (Wildman–Crippen MR) is 71.4 cm³/mol. The molecule has 1 aromatic carbocycles. The van der Waals surface area contributed by atoms with Gasteiger partial charge in [0.05, 0.1) is 11.9 Å². The summed E-state index contributed by atoms with van der Waals surface area (Å²) in [4.78, 5) is 0. The van der Waals surface area contributed by atoms with E-state index in [4.69, 9.17) is 17.3 Å². The second-order valence-corrected chi connectivity index (χ2v) is 7.48. The highest BCUT2D eigenvalue weighted by atomic mass is 35.5. The second kappa shape index (κ2) is 4.49. The van der Waals surface area contributed by atoms with Crippen LogP contribution in [0.3, 0.4) is 0 Å². The van der Waals surface area contributed by atoms with Crippen LogP contribution in [0, 0.1) is 5.41 Å². The molecule has 3 N–H and O–H groups in total. The van der Waals surface area contributed by atoms with Crippen molar-refractivity contribution in [2.45, 2.75) is 11.2 Å². The van der Waals surface area contributed by atoms with Gasteiger partial charge in [-0.15, -0.1) is 0 Å². The van der Waals surface area contributed by atoms with E-state index in [-0.39, 0.29) is 19.1 Å². The van der Waals surface area contributed by atoms with Crippen LogP contribution in [0.5, 0.6) is 0 Å². The Bertz CT molecular complexity index is 537. The summed E-state index contributed by atoms with van der Waals surface area (Å²) in [5.74, 6) is -0.250. The Hall–Kier alpha value is -0.620. The maximum absolute atomic E-state index is 11.8. The maximum Gasteiger partial charge on any atom is 0.151 e. The van der Waals surface area contributed by atoms with Crippen molar-refractivity contribution in [1.82, 2.24) is 0 Å². The summed E-state index contributed by atoms with van der Waals surface area (Å²) in [5.41, 5.74) is 5.78. The lowest BCUT2D eigenvalue weighted by atomic mass is 10.0. The van der Waals surface area contributed by atoms with Gasteiger partial charge in [0.25, 0.3) is 0 Å². The number of sulfone groups is 1. The fraction of sp³-hybridized carbons (Fsp3) is 0.500. The molecule has 2 rings (SSSR count). The lowest BCUT2D eigenvalue weighted by Gasteiger charge is -2.11. The quantitative estimate of drug-likeness (QED) is 0.859. The molecule has 1 aliphatic rings. The zero-order chi connectivity index (χ0) is 13.6. The molecule has 0 aliphatic heterocycles. The van der Waals surface area contributed by atoms with E-state index in [1.54, 1.807) is 24.3 Å². The van der Waals surface area contributed by atoms with Crippen molar-refractivity contribution >= 4 is 21.4 Å². The minimum Gasteiger partial charge on any atom is -0.396 e. The van der Waals surface area contributed by atoms with Gasteiger partial charge >= 0.3 is 0 Å². The number of nitrogens with two attached hydrogens (primary N) is 1. The molecule has 0 saturated heterocycles. The van der Waals surface area contributed by atoms with E-state index in [0.717, 1.165) is 5.56 Å².